The lowest BCUT2D eigenvalue weighted by Crippen LogP contribution is -2.49. The lowest BCUT2D eigenvalue weighted by molar-refractivity contribution is -0.0782. The van der Waals surface area contributed by atoms with Crippen LogP contribution in [0.4, 0.5) is 0 Å². The Hall–Kier alpha value is -1.20. The number of sulfone groups is 1. The molecule has 1 aromatic rings. The van der Waals surface area contributed by atoms with Crippen LogP contribution >= 0.6 is 0 Å². The van der Waals surface area contributed by atoms with Gasteiger partial charge >= 0.3 is 0 Å². The molecule has 0 spiro atoms. The molecular formula is C45H78O9SSi2. The van der Waals surface area contributed by atoms with Crippen molar-refractivity contribution < 1.29 is 41.3 Å². The van der Waals surface area contributed by atoms with E-state index in [9.17, 15) is 13.5 Å². The first-order chi connectivity index (χ1) is 26.4. The first-order valence-electron chi connectivity index (χ1n) is 21.4. The third-order valence-corrected chi connectivity index (χ3v) is 24.7. The van der Waals surface area contributed by atoms with Crippen molar-refractivity contribution in [1.82, 2.24) is 0 Å². The van der Waals surface area contributed by atoms with Gasteiger partial charge in [-0.3, -0.25) is 0 Å². The van der Waals surface area contributed by atoms with E-state index in [1.165, 1.54) is 0 Å². The van der Waals surface area contributed by atoms with Crippen molar-refractivity contribution in [3.63, 3.8) is 0 Å². The summed E-state index contributed by atoms with van der Waals surface area (Å²) in [5.41, 5.74) is 2.14. The zero-order valence-electron chi connectivity index (χ0n) is 37.5. The van der Waals surface area contributed by atoms with Crippen molar-refractivity contribution in [3.8, 4) is 0 Å². The molecule has 12 heteroatoms. The van der Waals surface area contributed by atoms with Gasteiger partial charge in [0.05, 0.1) is 66.1 Å². The Morgan fingerprint density at radius 3 is 2.11 bits per heavy atom. The number of methoxy groups -OCH3 is 1. The molecule has 57 heavy (non-hydrogen) atoms. The standard InChI is InChI=1S/C45H78O9SSi2/c1-31-25-35(22-23-39-32(2)26-34(51-39)19-18-24-46)52-40(33(31)3)28-41-38(30-55(47,48)37-20-16-15-17-21-37)43(49-10)42(53-41)27-36(54-57(13,14)45(7,8)9)29-50-56(11,12)44(4,5)6/h15-17,20-21,31,34-36,38-43,46H,2-3,18-19,22-30H2,1,4-14H3/t31-,34+,35+,36?,38+,39+,40-,41+,42?,43-/m1/s1. The van der Waals surface area contributed by atoms with Crippen LogP contribution in [0.25, 0.3) is 0 Å². The predicted octanol–water partition coefficient (Wildman–Crippen LogP) is 9.67. The molecule has 3 saturated heterocycles. The normalized spacial score (nSPS) is 29.9. The van der Waals surface area contributed by atoms with Gasteiger partial charge < -0.3 is 32.9 Å². The Bertz CT molecular complexity index is 1570. The molecule has 3 fully saturated rings. The predicted molar refractivity (Wildman–Crippen MR) is 235 cm³/mol. The summed E-state index contributed by atoms with van der Waals surface area (Å²) < 4.78 is 68.6. The fourth-order valence-electron chi connectivity index (χ4n) is 8.08. The maximum Gasteiger partial charge on any atom is 0.192 e. The highest BCUT2D eigenvalue weighted by Gasteiger charge is 2.50. The summed E-state index contributed by atoms with van der Waals surface area (Å²) in [7, 11) is -6.35. The van der Waals surface area contributed by atoms with E-state index in [0.29, 0.717) is 24.3 Å². The summed E-state index contributed by atoms with van der Waals surface area (Å²) in [5, 5.41) is 9.32. The number of aliphatic hydroxyl groups is 1. The van der Waals surface area contributed by atoms with E-state index in [4.69, 9.17) is 27.8 Å². The quantitative estimate of drug-likeness (QED) is 0.108. The SMILES string of the molecule is C=C1C[C@H](CCCO)O[C@H]1CC[C@H]1C[C@@H](C)C(=C)[C@@H](C[C@@H]2OC(CC(CO[Si](C)(C)C(C)(C)C)O[Si](C)(C)C(C)(C)C)[C@H](OC)[C@H]2CS(=O)(=O)c2ccccc2)O1. The third kappa shape index (κ3) is 12.7. The minimum absolute atomic E-state index is 0.000157. The molecule has 2 unspecified atom stereocenters. The molecule has 0 bridgehead atoms. The highest BCUT2D eigenvalue weighted by atomic mass is 32.2. The fraction of sp³-hybridized carbons (Fsp3) is 0.778. The van der Waals surface area contributed by atoms with Gasteiger partial charge in [-0.05, 0) is 104 Å². The second-order valence-electron chi connectivity index (χ2n) is 20.2. The van der Waals surface area contributed by atoms with Gasteiger partial charge in [-0.1, -0.05) is 79.8 Å². The number of ether oxygens (including phenoxy) is 4. The van der Waals surface area contributed by atoms with Gasteiger partial charge in [-0.15, -0.1) is 0 Å². The minimum atomic E-state index is -3.68. The van der Waals surface area contributed by atoms with Crippen molar-refractivity contribution >= 4 is 26.5 Å². The largest absolute Gasteiger partial charge is 0.414 e. The molecule has 4 rings (SSSR count). The van der Waals surface area contributed by atoms with E-state index < -0.39 is 50.7 Å². The molecule has 9 nitrogen and oxygen atoms in total. The monoisotopic (exact) mass is 850 g/mol. The topological polar surface area (TPSA) is 110 Å². The van der Waals surface area contributed by atoms with E-state index in [1.807, 2.05) is 6.07 Å². The molecular weight excluding hydrogens is 773 g/mol. The zero-order chi connectivity index (χ0) is 42.6. The lowest BCUT2D eigenvalue weighted by Gasteiger charge is -2.42. The van der Waals surface area contributed by atoms with E-state index >= 15 is 0 Å². The maximum atomic E-state index is 14.1. The van der Waals surface area contributed by atoms with Gasteiger partial charge in [0.1, 0.15) is 0 Å². The summed E-state index contributed by atoms with van der Waals surface area (Å²) in [6.07, 6.45) is 4.12. The number of hydrogen-bond acceptors (Lipinski definition) is 9. The molecule has 0 aliphatic carbocycles. The molecule has 0 radical (unpaired) electrons. The van der Waals surface area contributed by atoms with Gasteiger partial charge in [0.25, 0.3) is 0 Å². The Balaban J connectivity index is 1.59. The number of benzene rings is 1. The van der Waals surface area contributed by atoms with Gasteiger partial charge in [0.15, 0.2) is 26.5 Å². The first-order valence-corrected chi connectivity index (χ1v) is 28.9. The molecule has 0 aromatic heterocycles. The van der Waals surface area contributed by atoms with Crippen LogP contribution in [-0.4, -0.2) is 105 Å². The summed E-state index contributed by atoms with van der Waals surface area (Å²) in [6.45, 7) is 34.2. The molecule has 3 aliphatic rings. The minimum Gasteiger partial charge on any atom is -0.414 e. The van der Waals surface area contributed by atoms with Crippen LogP contribution in [0, 0.1) is 11.8 Å². The van der Waals surface area contributed by atoms with Crippen LogP contribution in [0.1, 0.15) is 99.8 Å². The number of rotatable bonds is 19. The second kappa shape index (κ2) is 19.7. The summed E-state index contributed by atoms with van der Waals surface area (Å²) in [5.74, 6) is -0.324. The Morgan fingerprint density at radius 1 is 0.877 bits per heavy atom. The third-order valence-electron chi connectivity index (χ3n) is 13.8. The molecule has 10 atom stereocenters. The lowest BCUT2D eigenvalue weighted by atomic mass is 9.83. The average Bonchev–Trinajstić information content (AvgIpc) is 3.63. The van der Waals surface area contributed by atoms with Crippen molar-refractivity contribution in [2.45, 2.75) is 190 Å². The molecule has 1 aromatic carbocycles. The van der Waals surface area contributed by atoms with Crippen molar-refractivity contribution in [3.05, 3.63) is 54.6 Å². The maximum absolute atomic E-state index is 14.1. The van der Waals surface area contributed by atoms with Crippen molar-refractivity contribution in [2.75, 3.05) is 26.1 Å². The second-order valence-corrected chi connectivity index (χ2v) is 31.8. The smallest absolute Gasteiger partial charge is 0.192 e. The molecule has 1 N–H and O–H groups in total. The molecule has 3 heterocycles. The van der Waals surface area contributed by atoms with E-state index in [-0.39, 0.29) is 58.9 Å². The van der Waals surface area contributed by atoms with Crippen LogP contribution in [0.5, 0.6) is 0 Å². The van der Waals surface area contributed by atoms with Crippen LogP contribution in [0.2, 0.25) is 36.3 Å². The van der Waals surface area contributed by atoms with Gasteiger partial charge in [0, 0.05) is 32.5 Å². The van der Waals surface area contributed by atoms with Crippen LogP contribution in [0.15, 0.2) is 59.5 Å². The van der Waals surface area contributed by atoms with Crippen LogP contribution in [0.3, 0.4) is 0 Å². The zero-order valence-corrected chi connectivity index (χ0v) is 40.3. The van der Waals surface area contributed by atoms with E-state index in [2.05, 4.69) is 87.8 Å². The van der Waals surface area contributed by atoms with Gasteiger partial charge in [-0.25, -0.2) is 8.42 Å². The molecule has 326 valence electrons. The van der Waals surface area contributed by atoms with Crippen LogP contribution < -0.4 is 0 Å². The van der Waals surface area contributed by atoms with E-state index in [1.54, 1.807) is 31.4 Å². The highest BCUT2D eigenvalue weighted by molar-refractivity contribution is 7.91. The van der Waals surface area contributed by atoms with E-state index in [0.717, 1.165) is 49.7 Å². The molecule has 3 aliphatic heterocycles. The van der Waals surface area contributed by atoms with Crippen LogP contribution in [-0.2, 0) is 37.6 Å². The van der Waals surface area contributed by atoms with Crippen molar-refractivity contribution in [2.24, 2.45) is 11.8 Å². The van der Waals surface area contributed by atoms with Gasteiger partial charge in [-0.2, -0.15) is 0 Å². The Morgan fingerprint density at radius 2 is 1.51 bits per heavy atom. The molecule has 0 saturated carbocycles. The summed E-state index contributed by atoms with van der Waals surface area (Å²) >= 11 is 0. The fourth-order valence-corrected chi connectivity index (χ4v) is 12.1. The summed E-state index contributed by atoms with van der Waals surface area (Å²) in [4.78, 5) is 0.297. The van der Waals surface area contributed by atoms with Crippen molar-refractivity contribution in [1.29, 1.82) is 0 Å². The van der Waals surface area contributed by atoms with Gasteiger partial charge in [0.2, 0.25) is 0 Å². The number of aliphatic hydroxyl groups excluding tert-OH is 1. The number of hydrogen-bond donors (Lipinski definition) is 1. The molecule has 0 amide bonds. The Kier molecular flexibility index (Phi) is 16.7. The average molecular weight is 851 g/mol. The Labute approximate surface area is 348 Å². The first kappa shape index (κ1) is 48.5. The summed E-state index contributed by atoms with van der Waals surface area (Å²) in [6, 6.07) is 8.68. The highest BCUT2D eigenvalue weighted by Crippen LogP contribution is 2.44.